The zero-order chi connectivity index (χ0) is 15.6. The van der Waals surface area contributed by atoms with Crippen LogP contribution in [0.15, 0.2) is 77.2 Å². The van der Waals surface area contributed by atoms with Gasteiger partial charge in [0.25, 0.3) is 0 Å². The van der Waals surface area contributed by atoms with Crippen LogP contribution >= 0.6 is 11.6 Å². The number of hydrogen-bond donors (Lipinski definition) is 1. The first-order valence-electron chi connectivity index (χ1n) is 8.16. The minimum Gasteiger partial charge on any atom is -0.489 e. The average molecular weight is 326 g/mol. The molecule has 0 radical (unpaired) electrons. The lowest BCUT2D eigenvalue weighted by atomic mass is 9.76. The Morgan fingerprint density at radius 1 is 1.22 bits per heavy atom. The summed E-state index contributed by atoms with van der Waals surface area (Å²) >= 11 is 6.17. The molecular weight excluding hydrogens is 306 g/mol. The van der Waals surface area contributed by atoms with Crippen LogP contribution in [0, 0.1) is 11.8 Å². The first-order valence-corrected chi connectivity index (χ1v) is 8.69. The average Bonchev–Trinajstić information content (AvgIpc) is 3.04. The number of ether oxygens (including phenoxy) is 1. The summed E-state index contributed by atoms with van der Waals surface area (Å²) in [5, 5.41) is 3.51. The second-order valence-electron chi connectivity index (χ2n) is 6.22. The third-order valence-electron chi connectivity index (χ3n) is 4.81. The molecule has 0 saturated carbocycles. The molecule has 2 atom stereocenters. The Labute approximate surface area is 142 Å². The van der Waals surface area contributed by atoms with Gasteiger partial charge in [-0.15, -0.1) is 11.6 Å². The van der Waals surface area contributed by atoms with Gasteiger partial charge in [0, 0.05) is 41.6 Å². The monoisotopic (exact) mass is 325 g/mol. The van der Waals surface area contributed by atoms with Gasteiger partial charge in [-0.1, -0.05) is 48.6 Å². The molecular formula is C20H20ClNO. The second kappa shape index (κ2) is 6.29. The number of halogens is 1. The highest BCUT2D eigenvalue weighted by atomic mass is 35.5. The fraction of sp³-hybridized carbons (Fsp3) is 0.300. The maximum absolute atomic E-state index is 6.17. The number of fused-ring (bicyclic) bond motifs is 2. The van der Waals surface area contributed by atoms with Gasteiger partial charge in [-0.2, -0.15) is 0 Å². The molecule has 0 aromatic heterocycles. The highest BCUT2D eigenvalue weighted by Gasteiger charge is 2.36. The van der Waals surface area contributed by atoms with E-state index in [0.29, 0.717) is 24.3 Å². The van der Waals surface area contributed by atoms with Crippen LogP contribution in [0.5, 0.6) is 0 Å². The first-order chi connectivity index (χ1) is 11.4. The van der Waals surface area contributed by atoms with Gasteiger partial charge in [0.2, 0.25) is 0 Å². The van der Waals surface area contributed by atoms with E-state index >= 15 is 0 Å². The van der Waals surface area contributed by atoms with Gasteiger partial charge in [-0.25, -0.2) is 0 Å². The maximum atomic E-state index is 6.17. The molecule has 118 valence electrons. The van der Waals surface area contributed by atoms with Crippen LogP contribution in [0.2, 0.25) is 0 Å². The van der Waals surface area contributed by atoms with E-state index in [9.17, 15) is 0 Å². The molecule has 2 aliphatic carbocycles. The summed E-state index contributed by atoms with van der Waals surface area (Å²) in [5.74, 6) is 2.50. The van der Waals surface area contributed by atoms with Crippen molar-refractivity contribution < 1.29 is 4.74 Å². The van der Waals surface area contributed by atoms with Crippen molar-refractivity contribution in [2.75, 3.05) is 12.4 Å². The Hall–Kier alpha value is -1.93. The number of hydrogen-bond acceptors (Lipinski definition) is 2. The van der Waals surface area contributed by atoms with Crippen molar-refractivity contribution >= 4 is 11.6 Å². The van der Waals surface area contributed by atoms with Gasteiger partial charge < -0.3 is 10.1 Å². The Balaban J connectivity index is 1.63. The van der Waals surface area contributed by atoms with Gasteiger partial charge >= 0.3 is 0 Å². The molecule has 0 fully saturated rings. The first kappa shape index (κ1) is 14.6. The van der Waals surface area contributed by atoms with Gasteiger partial charge in [0.15, 0.2) is 0 Å². The summed E-state index contributed by atoms with van der Waals surface area (Å²) in [5.41, 5.74) is 5.16. The molecule has 0 saturated heterocycles. The van der Waals surface area contributed by atoms with E-state index in [4.69, 9.17) is 16.3 Å². The molecule has 1 aromatic carbocycles. The Morgan fingerprint density at radius 3 is 2.91 bits per heavy atom. The normalized spacial score (nSPS) is 25.3. The van der Waals surface area contributed by atoms with E-state index in [1.165, 1.54) is 22.4 Å². The van der Waals surface area contributed by atoms with Crippen molar-refractivity contribution in [2.45, 2.75) is 13.0 Å². The van der Waals surface area contributed by atoms with E-state index in [1.807, 2.05) is 18.2 Å². The van der Waals surface area contributed by atoms with E-state index in [2.05, 4.69) is 41.8 Å². The van der Waals surface area contributed by atoms with Crippen LogP contribution in [0.3, 0.4) is 0 Å². The summed E-state index contributed by atoms with van der Waals surface area (Å²) in [6.07, 6.45) is 9.76. The molecule has 1 heterocycles. The SMILES string of the molecule is ClC[C@@H]1CNC2=C1C1CC=CC=C1C(OCc1ccccc1)=C2. The zero-order valence-corrected chi connectivity index (χ0v) is 13.7. The summed E-state index contributed by atoms with van der Waals surface area (Å²) in [7, 11) is 0. The summed E-state index contributed by atoms with van der Waals surface area (Å²) in [6.45, 7) is 1.53. The fourth-order valence-electron chi connectivity index (χ4n) is 3.66. The van der Waals surface area contributed by atoms with Gasteiger partial charge in [-0.3, -0.25) is 0 Å². The molecule has 3 heteroatoms. The van der Waals surface area contributed by atoms with Crippen molar-refractivity contribution in [3.05, 3.63) is 82.8 Å². The van der Waals surface area contributed by atoms with Crippen LogP contribution in [0.25, 0.3) is 0 Å². The summed E-state index contributed by atoms with van der Waals surface area (Å²) < 4.78 is 6.17. The topological polar surface area (TPSA) is 21.3 Å². The predicted molar refractivity (Wildman–Crippen MR) is 93.9 cm³/mol. The minimum absolute atomic E-state index is 0.407. The number of nitrogens with one attached hydrogen (secondary N) is 1. The highest BCUT2D eigenvalue weighted by Crippen LogP contribution is 2.44. The third kappa shape index (κ3) is 2.72. The largest absolute Gasteiger partial charge is 0.489 e. The lowest BCUT2D eigenvalue weighted by Crippen LogP contribution is -2.21. The fourth-order valence-corrected chi connectivity index (χ4v) is 3.94. The van der Waals surface area contributed by atoms with Crippen molar-refractivity contribution in [2.24, 2.45) is 11.8 Å². The molecule has 2 nitrogen and oxygen atoms in total. The van der Waals surface area contributed by atoms with Crippen molar-refractivity contribution in [1.82, 2.24) is 5.32 Å². The van der Waals surface area contributed by atoms with Crippen LogP contribution in [0.1, 0.15) is 12.0 Å². The Bertz CT molecular complexity index is 714. The number of rotatable bonds is 4. The third-order valence-corrected chi connectivity index (χ3v) is 5.18. The van der Waals surface area contributed by atoms with E-state index in [-0.39, 0.29) is 0 Å². The van der Waals surface area contributed by atoms with Crippen molar-refractivity contribution in [3.63, 3.8) is 0 Å². The molecule has 3 aliphatic rings. The van der Waals surface area contributed by atoms with Gasteiger partial charge in [0.05, 0.1) is 0 Å². The molecule has 1 unspecified atom stereocenters. The predicted octanol–water partition coefficient (Wildman–Crippen LogP) is 4.32. The summed E-state index contributed by atoms with van der Waals surface area (Å²) in [4.78, 5) is 0. The smallest absolute Gasteiger partial charge is 0.125 e. The lowest BCUT2D eigenvalue weighted by molar-refractivity contribution is 0.200. The minimum atomic E-state index is 0.407. The van der Waals surface area contributed by atoms with Crippen LogP contribution in [-0.4, -0.2) is 12.4 Å². The van der Waals surface area contributed by atoms with Crippen LogP contribution < -0.4 is 5.32 Å². The van der Waals surface area contributed by atoms with Gasteiger partial charge in [-0.05, 0) is 17.6 Å². The molecule has 0 bridgehead atoms. The van der Waals surface area contributed by atoms with Crippen LogP contribution in [0.4, 0.5) is 0 Å². The molecule has 1 N–H and O–H groups in total. The van der Waals surface area contributed by atoms with E-state index in [0.717, 1.165) is 18.7 Å². The molecule has 1 aliphatic heterocycles. The molecule has 0 spiro atoms. The summed E-state index contributed by atoms with van der Waals surface area (Å²) in [6, 6.07) is 10.3. The van der Waals surface area contributed by atoms with E-state index in [1.54, 1.807) is 0 Å². The molecule has 0 amide bonds. The number of benzene rings is 1. The Morgan fingerprint density at radius 2 is 2.09 bits per heavy atom. The quantitative estimate of drug-likeness (QED) is 0.833. The molecule has 23 heavy (non-hydrogen) atoms. The standard InChI is InChI=1S/C20H20ClNO/c21-11-15-12-22-18-10-19(23-13-14-6-2-1-3-7-14)16-8-4-5-9-17(16)20(15)18/h1-8,10,15,17,22H,9,11-13H2/t15-,17?/m1/s1. The lowest BCUT2D eigenvalue weighted by Gasteiger charge is -2.31. The molecule has 4 rings (SSSR count). The number of allylic oxidation sites excluding steroid dienone is 5. The van der Waals surface area contributed by atoms with E-state index < -0.39 is 0 Å². The number of alkyl halides is 1. The molecule has 1 aromatic rings. The maximum Gasteiger partial charge on any atom is 0.125 e. The van der Waals surface area contributed by atoms with Crippen LogP contribution in [-0.2, 0) is 11.3 Å². The van der Waals surface area contributed by atoms with Crippen molar-refractivity contribution in [1.29, 1.82) is 0 Å². The highest BCUT2D eigenvalue weighted by molar-refractivity contribution is 6.18. The second-order valence-corrected chi connectivity index (χ2v) is 6.53. The van der Waals surface area contributed by atoms with Gasteiger partial charge in [0.1, 0.15) is 12.4 Å². The zero-order valence-electron chi connectivity index (χ0n) is 13.0. The Kier molecular flexibility index (Phi) is 4.00. The van der Waals surface area contributed by atoms with Crippen molar-refractivity contribution in [3.8, 4) is 0 Å².